The molecule has 1 aromatic carbocycles. The molecule has 0 aromatic heterocycles. The third kappa shape index (κ3) is 1.40. The molecule has 0 radical (unpaired) electrons. The molecule has 3 nitrogen and oxygen atoms in total. The van der Waals surface area contributed by atoms with E-state index >= 15 is 0 Å². The van der Waals surface area contributed by atoms with E-state index in [1.165, 1.54) is 0 Å². The van der Waals surface area contributed by atoms with Crippen molar-refractivity contribution in [1.82, 2.24) is 5.32 Å². The monoisotopic (exact) mass is 220 g/mol. The number of carbonyl (C=O) groups is 1. The summed E-state index contributed by atoms with van der Waals surface area (Å²) >= 11 is 1.88. The average Bonchev–Trinajstić information content (AvgIpc) is 2.66. The molecule has 4 heteroatoms. The van der Waals surface area contributed by atoms with E-state index in [9.17, 15) is 4.79 Å². The van der Waals surface area contributed by atoms with Crippen molar-refractivity contribution in [2.45, 2.75) is 12.1 Å². The lowest BCUT2D eigenvalue weighted by Gasteiger charge is -2.36. The van der Waals surface area contributed by atoms with Gasteiger partial charge in [-0.15, -0.1) is 0 Å². The normalized spacial score (nSPS) is 28.4. The van der Waals surface area contributed by atoms with Gasteiger partial charge in [0, 0.05) is 11.4 Å². The van der Waals surface area contributed by atoms with E-state index < -0.39 is 0 Å². The fourth-order valence-electron chi connectivity index (χ4n) is 2.13. The van der Waals surface area contributed by atoms with Crippen LogP contribution >= 0.6 is 11.8 Å². The van der Waals surface area contributed by atoms with E-state index in [-0.39, 0.29) is 11.6 Å². The average molecular weight is 220 g/mol. The Kier molecular flexibility index (Phi) is 1.92. The van der Waals surface area contributed by atoms with Crippen molar-refractivity contribution in [2.75, 3.05) is 16.8 Å². The number of benzene rings is 1. The molecule has 1 atom stereocenters. The highest BCUT2D eigenvalue weighted by molar-refractivity contribution is 7.99. The molecule has 1 saturated heterocycles. The number of carbonyl (C=O) groups excluding carboxylic acids is 1. The van der Waals surface area contributed by atoms with Gasteiger partial charge in [-0.05, 0) is 24.3 Å². The standard InChI is InChI=1S/C11H12N2OS/c14-10-8-3-1-2-4-9(8)12-11(13-10)5-6-15-7-11/h1-4,12H,5-7H2,(H,13,14)/t11-/m0/s1. The second-order valence-corrected chi connectivity index (χ2v) is 5.11. The van der Waals surface area contributed by atoms with Gasteiger partial charge < -0.3 is 10.6 Å². The van der Waals surface area contributed by atoms with Crippen LogP contribution < -0.4 is 10.6 Å². The van der Waals surface area contributed by atoms with Crippen LogP contribution in [0.4, 0.5) is 5.69 Å². The van der Waals surface area contributed by atoms with Gasteiger partial charge in [0.25, 0.3) is 5.91 Å². The van der Waals surface area contributed by atoms with Crippen LogP contribution in [0.2, 0.25) is 0 Å². The molecule has 2 heterocycles. The Balaban J connectivity index is 2.02. The predicted molar refractivity (Wildman–Crippen MR) is 62.2 cm³/mol. The van der Waals surface area contributed by atoms with Crippen molar-refractivity contribution >= 4 is 23.4 Å². The minimum atomic E-state index is -0.198. The predicted octanol–water partition coefficient (Wildman–Crippen LogP) is 1.68. The SMILES string of the molecule is O=C1N[C@]2(CCSC2)Nc2ccccc21. The topological polar surface area (TPSA) is 41.1 Å². The highest BCUT2D eigenvalue weighted by Gasteiger charge is 2.39. The zero-order valence-corrected chi connectivity index (χ0v) is 9.06. The molecule has 2 N–H and O–H groups in total. The van der Waals surface area contributed by atoms with E-state index in [4.69, 9.17) is 0 Å². The van der Waals surface area contributed by atoms with Crippen molar-refractivity contribution in [3.05, 3.63) is 29.8 Å². The molecule has 3 rings (SSSR count). The van der Waals surface area contributed by atoms with Crippen LogP contribution in [0.3, 0.4) is 0 Å². The summed E-state index contributed by atoms with van der Waals surface area (Å²) in [5, 5.41) is 6.53. The summed E-state index contributed by atoms with van der Waals surface area (Å²) in [4.78, 5) is 11.9. The van der Waals surface area contributed by atoms with Gasteiger partial charge in [0.1, 0.15) is 5.66 Å². The minimum absolute atomic E-state index is 0.0480. The summed E-state index contributed by atoms with van der Waals surface area (Å²) in [5.74, 6) is 2.11. The van der Waals surface area contributed by atoms with Crippen molar-refractivity contribution < 1.29 is 4.79 Å². The van der Waals surface area contributed by atoms with Gasteiger partial charge in [-0.25, -0.2) is 0 Å². The summed E-state index contributed by atoms with van der Waals surface area (Å²) in [5.41, 5.74) is 1.51. The molecule has 0 bridgehead atoms. The third-order valence-corrected chi connectivity index (χ3v) is 4.11. The first-order chi connectivity index (χ1) is 7.29. The Morgan fingerprint density at radius 3 is 2.93 bits per heavy atom. The Hall–Kier alpha value is -1.16. The van der Waals surface area contributed by atoms with Crippen LogP contribution in [0, 0.1) is 0 Å². The van der Waals surface area contributed by atoms with Crippen molar-refractivity contribution in [2.24, 2.45) is 0 Å². The molecule has 78 valence electrons. The zero-order chi connectivity index (χ0) is 10.3. The first-order valence-electron chi connectivity index (χ1n) is 5.07. The van der Waals surface area contributed by atoms with E-state index in [1.54, 1.807) is 0 Å². The van der Waals surface area contributed by atoms with Crippen LogP contribution in [0.25, 0.3) is 0 Å². The number of hydrogen-bond acceptors (Lipinski definition) is 3. The van der Waals surface area contributed by atoms with Crippen molar-refractivity contribution in [3.8, 4) is 0 Å². The molecular formula is C11H12N2OS. The highest BCUT2D eigenvalue weighted by Crippen LogP contribution is 2.33. The molecule has 2 aliphatic rings. The second-order valence-electron chi connectivity index (χ2n) is 4.01. The van der Waals surface area contributed by atoms with Crippen molar-refractivity contribution in [1.29, 1.82) is 0 Å². The summed E-state index contributed by atoms with van der Waals surface area (Å²) in [6.07, 6.45) is 0.998. The van der Waals surface area contributed by atoms with Gasteiger partial charge in [0.15, 0.2) is 0 Å². The van der Waals surface area contributed by atoms with Gasteiger partial charge in [0.05, 0.1) is 5.56 Å². The van der Waals surface area contributed by atoms with Crippen LogP contribution in [0.1, 0.15) is 16.8 Å². The zero-order valence-electron chi connectivity index (χ0n) is 8.25. The van der Waals surface area contributed by atoms with Crippen LogP contribution in [-0.2, 0) is 0 Å². The van der Waals surface area contributed by atoms with E-state index in [2.05, 4.69) is 10.6 Å². The van der Waals surface area contributed by atoms with Crippen LogP contribution in [0.5, 0.6) is 0 Å². The molecule has 2 aliphatic heterocycles. The summed E-state index contributed by atoms with van der Waals surface area (Å²) in [7, 11) is 0. The molecule has 0 unspecified atom stereocenters. The van der Waals surface area contributed by atoms with Crippen molar-refractivity contribution in [3.63, 3.8) is 0 Å². The lowest BCUT2D eigenvalue weighted by molar-refractivity contribution is 0.0910. The Morgan fingerprint density at radius 2 is 2.13 bits per heavy atom. The number of nitrogens with one attached hydrogen (secondary N) is 2. The highest BCUT2D eigenvalue weighted by atomic mass is 32.2. The lowest BCUT2D eigenvalue weighted by atomic mass is 10.0. The lowest BCUT2D eigenvalue weighted by Crippen LogP contribution is -2.57. The van der Waals surface area contributed by atoms with E-state index in [1.807, 2.05) is 36.0 Å². The van der Waals surface area contributed by atoms with Crippen LogP contribution in [-0.4, -0.2) is 23.1 Å². The summed E-state index contributed by atoms with van der Waals surface area (Å²) in [6, 6.07) is 7.67. The largest absolute Gasteiger partial charge is 0.361 e. The number of hydrogen-bond donors (Lipinski definition) is 2. The quantitative estimate of drug-likeness (QED) is 0.699. The third-order valence-electron chi connectivity index (χ3n) is 2.92. The second kappa shape index (κ2) is 3.17. The van der Waals surface area contributed by atoms with Gasteiger partial charge >= 0.3 is 0 Å². The number of amides is 1. The Morgan fingerprint density at radius 1 is 1.27 bits per heavy atom. The molecule has 15 heavy (non-hydrogen) atoms. The maximum absolute atomic E-state index is 11.9. The van der Waals surface area contributed by atoms with Gasteiger partial charge in [-0.3, -0.25) is 4.79 Å². The Bertz CT molecular complexity index is 413. The molecule has 1 aromatic rings. The number of anilines is 1. The summed E-state index contributed by atoms with van der Waals surface area (Å²) < 4.78 is 0. The summed E-state index contributed by atoms with van der Waals surface area (Å²) in [6.45, 7) is 0. The number of fused-ring (bicyclic) bond motifs is 1. The van der Waals surface area contributed by atoms with E-state index in [0.717, 1.165) is 29.2 Å². The molecule has 0 saturated carbocycles. The number of thioether (sulfide) groups is 1. The van der Waals surface area contributed by atoms with Gasteiger partial charge in [-0.2, -0.15) is 11.8 Å². The molecule has 1 spiro atoms. The van der Waals surface area contributed by atoms with E-state index in [0.29, 0.717) is 0 Å². The number of para-hydroxylation sites is 1. The smallest absolute Gasteiger partial charge is 0.255 e. The fourth-order valence-corrected chi connectivity index (χ4v) is 3.40. The molecule has 0 aliphatic carbocycles. The maximum Gasteiger partial charge on any atom is 0.255 e. The minimum Gasteiger partial charge on any atom is -0.361 e. The van der Waals surface area contributed by atoms with Gasteiger partial charge in [-0.1, -0.05) is 12.1 Å². The first-order valence-corrected chi connectivity index (χ1v) is 6.22. The maximum atomic E-state index is 11.9. The first kappa shape index (κ1) is 9.09. The Labute approximate surface area is 92.6 Å². The molecule has 1 fully saturated rings. The number of rotatable bonds is 0. The fraction of sp³-hybridized carbons (Fsp3) is 0.364. The van der Waals surface area contributed by atoms with Crippen LogP contribution in [0.15, 0.2) is 24.3 Å². The molecular weight excluding hydrogens is 208 g/mol. The molecule has 1 amide bonds. The van der Waals surface area contributed by atoms with Gasteiger partial charge in [0.2, 0.25) is 0 Å².